The van der Waals surface area contributed by atoms with Crippen LogP contribution in [0, 0.1) is 0 Å². The summed E-state index contributed by atoms with van der Waals surface area (Å²) in [5, 5.41) is 0. The van der Waals surface area contributed by atoms with Crippen LogP contribution < -0.4 is 0 Å². The lowest BCUT2D eigenvalue weighted by Crippen LogP contribution is -2.27. The number of carbonyl (C=O) groups excluding carboxylic acids is 2. The van der Waals surface area contributed by atoms with Crippen molar-refractivity contribution in [2.24, 2.45) is 0 Å². The Morgan fingerprint density at radius 1 is 0.318 bits per heavy atom. The summed E-state index contributed by atoms with van der Waals surface area (Å²) in [6, 6.07) is 0. The second-order valence-corrected chi connectivity index (χ2v) is 11.2. The third-order valence-corrected chi connectivity index (χ3v) is 4.63. The van der Waals surface area contributed by atoms with Gasteiger partial charge in [-0.15, -0.1) is 0 Å². The van der Waals surface area contributed by atoms with Crippen LogP contribution in [0.1, 0.15) is 41.5 Å². The van der Waals surface area contributed by atoms with Crippen molar-refractivity contribution in [1.29, 1.82) is 0 Å². The molecule has 0 aliphatic heterocycles. The first-order valence-corrected chi connectivity index (χ1v) is 15.2. The van der Waals surface area contributed by atoms with E-state index >= 15 is 0 Å². The van der Waals surface area contributed by atoms with Crippen LogP contribution in [0.4, 0.5) is 0 Å². The van der Waals surface area contributed by atoms with Gasteiger partial charge in [-0.25, -0.2) is 9.59 Å². The predicted molar refractivity (Wildman–Crippen MR) is 160 cm³/mol. The average Bonchev–Trinajstić information content (AvgIpc) is 2.92. The van der Waals surface area contributed by atoms with E-state index < -0.39 is 23.1 Å². The van der Waals surface area contributed by atoms with Crippen molar-refractivity contribution in [1.82, 2.24) is 0 Å². The number of rotatable bonds is 31. The summed E-state index contributed by atoms with van der Waals surface area (Å²) < 4.78 is 64.1. The van der Waals surface area contributed by atoms with Gasteiger partial charge in [-0.2, -0.15) is 0 Å². The molecule has 14 nitrogen and oxygen atoms in total. The van der Waals surface area contributed by atoms with E-state index in [4.69, 9.17) is 56.8 Å². The molecule has 0 saturated heterocycles. The Morgan fingerprint density at radius 3 is 0.636 bits per heavy atom. The standard InChI is InChI=1S/C30H58O14/c1-29(2,3)43-27(31)25-41-23-21-39-19-17-37-15-13-35-11-9-33-7-8-34-10-12-36-14-16-38-18-20-40-22-24-42-26-28(32)44-30(4,5)6/h7-26H2,1-6H3. The summed E-state index contributed by atoms with van der Waals surface area (Å²) in [5.74, 6) is -0.781. The van der Waals surface area contributed by atoms with Crippen LogP contribution in [0.5, 0.6) is 0 Å². The molecule has 14 heteroatoms. The molecule has 0 atom stereocenters. The van der Waals surface area contributed by atoms with E-state index in [1.54, 1.807) is 0 Å². The lowest BCUT2D eigenvalue weighted by molar-refractivity contribution is -0.161. The van der Waals surface area contributed by atoms with Gasteiger partial charge in [0, 0.05) is 0 Å². The topological polar surface area (TPSA) is 145 Å². The third-order valence-electron chi connectivity index (χ3n) is 4.63. The number of hydrogen-bond acceptors (Lipinski definition) is 14. The maximum atomic E-state index is 11.5. The normalized spacial score (nSPS) is 12.0. The fourth-order valence-corrected chi connectivity index (χ4v) is 2.93. The average molecular weight is 643 g/mol. The highest BCUT2D eigenvalue weighted by Crippen LogP contribution is 2.07. The number of esters is 2. The predicted octanol–water partition coefficient (Wildman–Crippen LogP) is 1.84. The van der Waals surface area contributed by atoms with Crippen LogP contribution in [0.15, 0.2) is 0 Å². The zero-order valence-corrected chi connectivity index (χ0v) is 27.9. The largest absolute Gasteiger partial charge is 0.458 e. The molecule has 0 aromatic rings. The van der Waals surface area contributed by atoms with Gasteiger partial charge in [0.1, 0.15) is 24.4 Å². The minimum atomic E-state index is -0.514. The van der Waals surface area contributed by atoms with Crippen LogP contribution >= 0.6 is 0 Å². The van der Waals surface area contributed by atoms with Crippen LogP contribution in [0.25, 0.3) is 0 Å². The molecule has 0 spiro atoms. The van der Waals surface area contributed by atoms with Gasteiger partial charge < -0.3 is 56.8 Å². The van der Waals surface area contributed by atoms with Crippen molar-refractivity contribution in [3.63, 3.8) is 0 Å². The maximum absolute atomic E-state index is 11.5. The Bertz CT molecular complexity index is 607. The van der Waals surface area contributed by atoms with Crippen LogP contribution in [-0.4, -0.2) is 155 Å². The zero-order valence-electron chi connectivity index (χ0n) is 27.9. The Morgan fingerprint density at radius 2 is 0.477 bits per heavy atom. The monoisotopic (exact) mass is 642 g/mol. The molecule has 0 saturated carbocycles. The van der Waals surface area contributed by atoms with Crippen molar-refractivity contribution in [2.45, 2.75) is 52.7 Å². The summed E-state index contributed by atoms with van der Waals surface area (Å²) in [5.41, 5.74) is -1.03. The molecule has 0 bridgehead atoms. The van der Waals surface area contributed by atoms with Gasteiger partial charge in [0.25, 0.3) is 0 Å². The fraction of sp³-hybridized carbons (Fsp3) is 0.933. The van der Waals surface area contributed by atoms with Crippen molar-refractivity contribution in [2.75, 3.05) is 132 Å². The highest BCUT2D eigenvalue weighted by molar-refractivity contribution is 5.71. The molecule has 0 unspecified atom stereocenters. The van der Waals surface area contributed by atoms with Crippen molar-refractivity contribution in [3.05, 3.63) is 0 Å². The van der Waals surface area contributed by atoms with E-state index in [1.165, 1.54) is 0 Å². The number of hydrogen-bond donors (Lipinski definition) is 0. The molecule has 262 valence electrons. The third kappa shape index (κ3) is 36.7. The Balaban J connectivity index is 3.15. The Kier molecular flexibility index (Phi) is 28.0. The second-order valence-electron chi connectivity index (χ2n) is 11.2. The molecular weight excluding hydrogens is 584 g/mol. The van der Waals surface area contributed by atoms with Crippen LogP contribution in [-0.2, 0) is 66.4 Å². The SMILES string of the molecule is CC(C)(C)OC(=O)COCCOCCOCCOCCOCCOCCOCCOCCOCCOCC(=O)OC(C)(C)C. The van der Waals surface area contributed by atoms with Crippen LogP contribution in [0.3, 0.4) is 0 Å². The van der Waals surface area contributed by atoms with Gasteiger partial charge in [-0.3, -0.25) is 0 Å². The summed E-state index contributed by atoms with van der Waals surface area (Å²) in [7, 11) is 0. The highest BCUT2D eigenvalue weighted by atomic mass is 16.6. The summed E-state index contributed by atoms with van der Waals surface area (Å²) in [4.78, 5) is 23.0. The van der Waals surface area contributed by atoms with E-state index in [0.717, 1.165) is 0 Å². The molecule has 0 rings (SSSR count). The summed E-state index contributed by atoms with van der Waals surface area (Å²) in [6.45, 7) is 18.6. The smallest absolute Gasteiger partial charge is 0.332 e. The minimum absolute atomic E-state index is 0.0870. The lowest BCUT2D eigenvalue weighted by Gasteiger charge is -2.19. The molecule has 0 heterocycles. The molecule has 0 aliphatic rings. The molecule has 0 amide bonds. The van der Waals surface area contributed by atoms with Gasteiger partial charge in [0.2, 0.25) is 0 Å². The highest BCUT2D eigenvalue weighted by Gasteiger charge is 2.16. The van der Waals surface area contributed by atoms with Gasteiger partial charge >= 0.3 is 11.9 Å². The van der Waals surface area contributed by atoms with Gasteiger partial charge in [-0.1, -0.05) is 0 Å². The van der Waals surface area contributed by atoms with E-state index in [1.807, 2.05) is 41.5 Å². The molecule has 0 aliphatic carbocycles. The molecule has 0 radical (unpaired) electrons. The molecule has 0 fully saturated rings. The molecule has 44 heavy (non-hydrogen) atoms. The van der Waals surface area contributed by atoms with Gasteiger partial charge in [0.15, 0.2) is 0 Å². The first-order valence-electron chi connectivity index (χ1n) is 15.2. The van der Waals surface area contributed by atoms with E-state index in [2.05, 4.69) is 0 Å². The van der Waals surface area contributed by atoms with E-state index in [-0.39, 0.29) is 13.2 Å². The minimum Gasteiger partial charge on any atom is -0.458 e. The molecular formula is C30H58O14. The number of carbonyl (C=O) groups is 2. The number of ether oxygens (including phenoxy) is 12. The van der Waals surface area contributed by atoms with Crippen molar-refractivity contribution < 1.29 is 66.4 Å². The first kappa shape index (κ1) is 42.5. The van der Waals surface area contributed by atoms with E-state index in [9.17, 15) is 9.59 Å². The Hall–Kier alpha value is -1.46. The molecule has 0 aromatic heterocycles. The first-order chi connectivity index (χ1) is 21.0. The molecule has 0 aromatic carbocycles. The summed E-state index contributed by atoms with van der Waals surface area (Å²) >= 11 is 0. The maximum Gasteiger partial charge on any atom is 0.332 e. The zero-order chi connectivity index (χ0) is 32.8. The van der Waals surface area contributed by atoms with E-state index in [0.29, 0.717) is 119 Å². The van der Waals surface area contributed by atoms with Crippen molar-refractivity contribution in [3.8, 4) is 0 Å². The quantitative estimate of drug-likeness (QED) is 0.0801. The van der Waals surface area contributed by atoms with Crippen LogP contribution in [0.2, 0.25) is 0 Å². The van der Waals surface area contributed by atoms with Gasteiger partial charge in [-0.05, 0) is 41.5 Å². The van der Waals surface area contributed by atoms with Gasteiger partial charge in [0.05, 0.1) is 119 Å². The Labute approximate surface area is 263 Å². The lowest BCUT2D eigenvalue weighted by atomic mass is 10.2. The second kappa shape index (κ2) is 29.0. The van der Waals surface area contributed by atoms with Crippen molar-refractivity contribution >= 4 is 11.9 Å². The molecule has 0 N–H and O–H groups in total. The summed E-state index contributed by atoms with van der Waals surface area (Å²) in [6.07, 6.45) is 0. The fourth-order valence-electron chi connectivity index (χ4n) is 2.93.